The minimum absolute atomic E-state index is 0.107. The minimum atomic E-state index is -4.05. The lowest BCUT2D eigenvalue weighted by Gasteiger charge is -2.38. The highest BCUT2D eigenvalue weighted by Gasteiger charge is 2.42. The van der Waals surface area contributed by atoms with Crippen molar-refractivity contribution in [1.29, 1.82) is 0 Å². The first kappa shape index (κ1) is 17.9. The number of nitrogens with one attached hydrogen (secondary N) is 1. The van der Waals surface area contributed by atoms with E-state index in [1.165, 1.54) is 0 Å². The number of hydrogen-bond acceptors (Lipinski definition) is 5. The maximum atomic E-state index is 12.7. The second-order valence-electron chi connectivity index (χ2n) is 7.08. The average Bonchev–Trinajstić information content (AvgIpc) is 3.19. The Morgan fingerprint density at radius 1 is 1.36 bits per heavy atom. The number of aromatic carboxylic acids is 1. The van der Waals surface area contributed by atoms with Crippen LogP contribution in [0.15, 0.2) is 21.6 Å². The van der Waals surface area contributed by atoms with Gasteiger partial charge in [-0.2, -0.15) is 4.31 Å². The zero-order valence-corrected chi connectivity index (χ0v) is 14.8. The Kier molecular flexibility index (Phi) is 4.63. The van der Waals surface area contributed by atoms with E-state index in [4.69, 9.17) is 9.52 Å². The number of rotatable bonds is 6. The molecule has 2 fully saturated rings. The molecule has 1 aromatic rings. The van der Waals surface area contributed by atoms with Crippen molar-refractivity contribution >= 4 is 21.9 Å². The number of carbonyl (C=O) groups excluding carboxylic acids is 1. The molecule has 1 unspecified atom stereocenters. The zero-order valence-electron chi connectivity index (χ0n) is 14.0. The van der Waals surface area contributed by atoms with Gasteiger partial charge in [0.1, 0.15) is 6.04 Å². The van der Waals surface area contributed by atoms with Crippen molar-refractivity contribution in [2.75, 3.05) is 13.1 Å². The number of carbonyl (C=O) groups is 2. The molecule has 1 aliphatic carbocycles. The van der Waals surface area contributed by atoms with Crippen LogP contribution >= 0.6 is 0 Å². The highest BCUT2D eigenvalue weighted by Crippen LogP contribution is 2.39. The molecule has 9 heteroatoms. The Hall–Kier alpha value is -1.87. The summed E-state index contributed by atoms with van der Waals surface area (Å²) in [5.74, 6) is -2.10. The predicted molar refractivity (Wildman–Crippen MR) is 87.5 cm³/mol. The van der Waals surface area contributed by atoms with Crippen molar-refractivity contribution in [3.8, 4) is 0 Å². The molecule has 0 radical (unpaired) electrons. The van der Waals surface area contributed by atoms with Gasteiger partial charge in [0.15, 0.2) is 0 Å². The van der Waals surface area contributed by atoms with Crippen LogP contribution < -0.4 is 5.32 Å². The first-order valence-corrected chi connectivity index (χ1v) is 9.80. The van der Waals surface area contributed by atoms with E-state index in [-0.39, 0.29) is 17.9 Å². The third kappa shape index (κ3) is 3.43. The van der Waals surface area contributed by atoms with Crippen molar-refractivity contribution < 1.29 is 27.5 Å². The fraction of sp³-hybridized carbons (Fsp3) is 0.625. The van der Waals surface area contributed by atoms with E-state index < -0.39 is 32.9 Å². The van der Waals surface area contributed by atoms with Crippen molar-refractivity contribution in [2.24, 2.45) is 5.41 Å². The van der Waals surface area contributed by atoms with E-state index in [9.17, 15) is 18.0 Å². The number of carboxylic acid groups (broad SMARTS) is 1. The lowest BCUT2D eigenvalue weighted by Crippen LogP contribution is -2.49. The molecule has 1 saturated carbocycles. The highest BCUT2D eigenvalue weighted by molar-refractivity contribution is 7.89. The molecule has 1 aromatic heterocycles. The molecule has 1 amide bonds. The summed E-state index contributed by atoms with van der Waals surface area (Å²) in [7, 11) is -4.05. The molecule has 3 rings (SSSR count). The van der Waals surface area contributed by atoms with Gasteiger partial charge in [0.25, 0.3) is 10.0 Å². The predicted octanol–water partition coefficient (Wildman–Crippen LogP) is 1.44. The van der Waals surface area contributed by atoms with Gasteiger partial charge in [-0.05, 0) is 43.2 Å². The van der Waals surface area contributed by atoms with Gasteiger partial charge in [-0.25, -0.2) is 13.2 Å². The van der Waals surface area contributed by atoms with Crippen molar-refractivity contribution in [3.05, 3.63) is 17.9 Å². The third-order valence-corrected chi connectivity index (χ3v) is 6.89. The molecule has 8 nitrogen and oxygen atoms in total. The molecule has 0 spiro atoms. The Morgan fingerprint density at radius 2 is 2.08 bits per heavy atom. The Balaban J connectivity index is 1.73. The summed E-state index contributed by atoms with van der Waals surface area (Å²) in [5.41, 5.74) is 0.107. The summed E-state index contributed by atoms with van der Waals surface area (Å²) in [6.45, 7) is 2.86. The Labute approximate surface area is 146 Å². The fourth-order valence-corrected chi connectivity index (χ4v) is 4.93. The first-order valence-electron chi connectivity index (χ1n) is 8.36. The van der Waals surface area contributed by atoms with Crippen molar-refractivity contribution in [2.45, 2.75) is 50.2 Å². The van der Waals surface area contributed by atoms with Crippen LogP contribution in [0.1, 0.15) is 49.6 Å². The van der Waals surface area contributed by atoms with Gasteiger partial charge < -0.3 is 14.8 Å². The Morgan fingerprint density at radius 3 is 2.64 bits per heavy atom. The quantitative estimate of drug-likeness (QED) is 0.782. The van der Waals surface area contributed by atoms with Gasteiger partial charge >= 0.3 is 5.97 Å². The van der Waals surface area contributed by atoms with Gasteiger partial charge in [0.2, 0.25) is 16.8 Å². The lowest BCUT2D eigenvalue weighted by molar-refractivity contribution is -0.125. The summed E-state index contributed by atoms with van der Waals surface area (Å²) in [5, 5.41) is 11.3. The lowest BCUT2D eigenvalue weighted by atomic mass is 9.70. The number of sulfonamides is 1. The minimum Gasteiger partial charge on any atom is -0.475 e. The monoisotopic (exact) mass is 370 g/mol. The highest BCUT2D eigenvalue weighted by atomic mass is 32.2. The topological polar surface area (TPSA) is 117 Å². The van der Waals surface area contributed by atoms with Gasteiger partial charge in [-0.3, -0.25) is 4.79 Å². The number of nitrogens with zero attached hydrogens (tertiary/aromatic N) is 1. The molecule has 1 aliphatic heterocycles. The van der Waals surface area contributed by atoms with Crippen LogP contribution in [0.4, 0.5) is 0 Å². The average molecular weight is 370 g/mol. The van der Waals surface area contributed by atoms with Crippen LogP contribution in [-0.4, -0.2) is 48.8 Å². The molecule has 1 saturated heterocycles. The maximum Gasteiger partial charge on any atom is 0.371 e. The molecule has 2 N–H and O–H groups in total. The number of amides is 1. The maximum absolute atomic E-state index is 12.7. The molecule has 25 heavy (non-hydrogen) atoms. The normalized spacial score (nSPS) is 23.2. The summed E-state index contributed by atoms with van der Waals surface area (Å²) in [4.78, 5) is 23.4. The summed E-state index contributed by atoms with van der Waals surface area (Å²) in [6.07, 6.45) is 4.28. The smallest absolute Gasteiger partial charge is 0.371 e. The standard InChI is InChI=1S/C16H22N2O6S/c1-16(7-3-8-16)10-17-14(19)11-4-2-9-18(11)25(22,23)13-6-5-12(24-13)15(20)21/h5-6,11H,2-4,7-10H2,1H3,(H,17,19)(H,20,21). The molecular formula is C16H22N2O6S. The van der Waals surface area contributed by atoms with E-state index >= 15 is 0 Å². The van der Waals surface area contributed by atoms with Crippen LogP contribution in [0, 0.1) is 5.41 Å². The van der Waals surface area contributed by atoms with Crippen LogP contribution in [-0.2, 0) is 14.8 Å². The molecule has 2 heterocycles. The van der Waals surface area contributed by atoms with Crippen LogP contribution in [0.2, 0.25) is 0 Å². The van der Waals surface area contributed by atoms with E-state index in [1.807, 2.05) is 0 Å². The second kappa shape index (κ2) is 6.45. The van der Waals surface area contributed by atoms with Crippen LogP contribution in [0.25, 0.3) is 0 Å². The molecule has 1 atom stereocenters. The zero-order chi connectivity index (χ0) is 18.2. The summed E-state index contributed by atoms with van der Waals surface area (Å²) in [6, 6.07) is 1.42. The molecule has 0 bridgehead atoms. The van der Waals surface area contributed by atoms with Gasteiger partial charge in [0.05, 0.1) is 0 Å². The largest absolute Gasteiger partial charge is 0.475 e. The molecule has 2 aliphatic rings. The van der Waals surface area contributed by atoms with E-state index in [0.29, 0.717) is 19.4 Å². The molecule has 0 aromatic carbocycles. The molecular weight excluding hydrogens is 348 g/mol. The van der Waals surface area contributed by atoms with Crippen molar-refractivity contribution in [3.63, 3.8) is 0 Å². The third-order valence-electron chi connectivity index (χ3n) is 5.11. The number of carboxylic acids is 1. The second-order valence-corrected chi connectivity index (χ2v) is 8.90. The van der Waals surface area contributed by atoms with Crippen LogP contribution in [0.3, 0.4) is 0 Å². The number of hydrogen-bond donors (Lipinski definition) is 2. The summed E-state index contributed by atoms with van der Waals surface area (Å²) >= 11 is 0. The van der Waals surface area contributed by atoms with Gasteiger partial charge in [-0.15, -0.1) is 0 Å². The fourth-order valence-electron chi connectivity index (χ4n) is 3.35. The van der Waals surface area contributed by atoms with Crippen LogP contribution in [0.5, 0.6) is 0 Å². The molecule has 138 valence electrons. The first-order chi connectivity index (χ1) is 11.7. The summed E-state index contributed by atoms with van der Waals surface area (Å²) < 4.78 is 31.5. The van der Waals surface area contributed by atoms with E-state index in [0.717, 1.165) is 35.7 Å². The Bertz CT molecular complexity index is 780. The van der Waals surface area contributed by atoms with E-state index in [1.54, 1.807) is 0 Å². The van der Waals surface area contributed by atoms with E-state index in [2.05, 4.69) is 12.2 Å². The van der Waals surface area contributed by atoms with Gasteiger partial charge in [-0.1, -0.05) is 13.3 Å². The van der Waals surface area contributed by atoms with Crippen molar-refractivity contribution in [1.82, 2.24) is 9.62 Å². The SMILES string of the molecule is CC1(CNC(=O)C2CCCN2S(=O)(=O)c2ccc(C(=O)O)o2)CCC1. The van der Waals surface area contributed by atoms with Gasteiger partial charge in [0, 0.05) is 13.1 Å². The number of furan rings is 1.